The Morgan fingerprint density at radius 2 is 2.53 bits per heavy atom. The highest BCUT2D eigenvalue weighted by molar-refractivity contribution is 7.80. The van der Waals surface area contributed by atoms with Gasteiger partial charge in [0.1, 0.15) is 6.10 Å². The number of aromatic nitrogens is 2. The van der Waals surface area contributed by atoms with Gasteiger partial charge in [-0.2, -0.15) is 17.7 Å². The summed E-state index contributed by atoms with van der Waals surface area (Å²) in [6.07, 6.45) is 4.20. The summed E-state index contributed by atoms with van der Waals surface area (Å²) in [5.74, 6) is 0.811. The predicted octanol–water partition coefficient (Wildman–Crippen LogP) is 0.334. The highest BCUT2D eigenvalue weighted by Crippen LogP contribution is 2.22. The van der Waals surface area contributed by atoms with Crippen LogP contribution in [0.3, 0.4) is 0 Å². The van der Waals surface area contributed by atoms with Crippen molar-refractivity contribution in [1.82, 2.24) is 15.1 Å². The Labute approximate surface area is 106 Å². The third-order valence-corrected chi connectivity index (χ3v) is 3.09. The first kappa shape index (κ1) is 12.4. The zero-order valence-electron chi connectivity index (χ0n) is 9.58. The Balaban J connectivity index is 1.90. The van der Waals surface area contributed by atoms with Gasteiger partial charge in [0, 0.05) is 43.8 Å². The van der Waals surface area contributed by atoms with Crippen LogP contribution in [-0.4, -0.2) is 40.7 Å². The van der Waals surface area contributed by atoms with Crippen molar-refractivity contribution in [2.45, 2.75) is 19.1 Å². The fourth-order valence-electron chi connectivity index (χ4n) is 2.04. The van der Waals surface area contributed by atoms with E-state index in [0.717, 1.165) is 13.0 Å². The summed E-state index contributed by atoms with van der Waals surface area (Å²) >= 11 is 4.06. The molecule has 2 heterocycles. The summed E-state index contributed by atoms with van der Waals surface area (Å²) in [5.41, 5.74) is 0. The van der Waals surface area contributed by atoms with Gasteiger partial charge >= 0.3 is 0 Å². The lowest BCUT2D eigenvalue weighted by atomic mass is 10.0. The molecular weight excluding hydrogens is 238 g/mol. The number of nitrogens with zero attached hydrogens (tertiary/aromatic N) is 2. The van der Waals surface area contributed by atoms with Crippen molar-refractivity contribution >= 4 is 18.5 Å². The molecule has 0 spiro atoms. The van der Waals surface area contributed by atoms with Gasteiger partial charge in [-0.15, -0.1) is 0 Å². The predicted molar refractivity (Wildman–Crippen MR) is 66.9 cm³/mol. The molecular formula is C11H17N3O2S. The first-order valence-electron chi connectivity index (χ1n) is 5.79. The normalized spacial score (nSPS) is 23.8. The van der Waals surface area contributed by atoms with Gasteiger partial charge in [0.2, 0.25) is 5.91 Å². The molecule has 1 fully saturated rings. The van der Waals surface area contributed by atoms with Gasteiger partial charge in [0.15, 0.2) is 0 Å². The van der Waals surface area contributed by atoms with Crippen molar-refractivity contribution in [1.29, 1.82) is 0 Å². The van der Waals surface area contributed by atoms with E-state index in [2.05, 4.69) is 23.0 Å². The maximum atomic E-state index is 11.8. The molecule has 0 radical (unpaired) electrons. The first-order chi connectivity index (χ1) is 8.31. The van der Waals surface area contributed by atoms with Crippen LogP contribution in [0, 0.1) is 5.92 Å². The van der Waals surface area contributed by atoms with E-state index < -0.39 is 0 Å². The number of amides is 1. The van der Waals surface area contributed by atoms with Gasteiger partial charge in [-0.3, -0.25) is 9.48 Å². The summed E-state index contributed by atoms with van der Waals surface area (Å²) < 4.78 is 7.34. The molecule has 94 valence electrons. The molecule has 0 aliphatic carbocycles. The van der Waals surface area contributed by atoms with E-state index >= 15 is 0 Å². The SMILES string of the molecule is O=C(NCCS)[C@@H]1OCC[C@@H]1Cn1cccn1. The summed E-state index contributed by atoms with van der Waals surface area (Å²) in [6.45, 7) is 1.95. The van der Waals surface area contributed by atoms with E-state index in [1.54, 1.807) is 6.20 Å². The van der Waals surface area contributed by atoms with Crippen molar-refractivity contribution in [2.24, 2.45) is 5.92 Å². The van der Waals surface area contributed by atoms with Crippen molar-refractivity contribution in [2.75, 3.05) is 18.9 Å². The molecule has 1 aliphatic rings. The van der Waals surface area contributed by atoms with Crippen molar-refractivity contribution in [3.8, 4) is 0 Å². The topological polar surface area (TPSA) is 56.1 Å². The number of ether oxygens (including phenoxy) is 1. The van der Waals surface area contributed by atoms with Crippen LogP contribution in [-0.2, 0) is 16.1 Å². The van der Waals surface area contributed by atoms with Crippen LogP contribution in [0.2, 0.25) is 0 Å². The molecule has 0 bridgehead atoms. The quantitative estimate of drug-likeness (QED) is 0.746. The minimum atomic E-state index is -0.348. The molecule has 2 atom stereocenters. The second kappa shape index (κ2) is 6.07. The summed E-state index contributed by atoms with van der Waals surface area (Å²) in [7, 11) is 0. The van der Waals surface area contributed by atoms with Crippen LogP contribution in [0.15, 0.2) is 18.5 Å². The standard InChI is InChI=1S/C11H17N3O2S/c15-11(12-4-7-17)10-9(2-6-16-10)8-14-5-1-3-13-14/h1,3,5,9-10,17H,2,4,6-8H2,(H,12,15)/t9-,10-/m1/s1. The fourth-order valence-corrected chi connectivity index (χ4v) is 2.15. The number of carbonyl (C=O) groups excluding carboxylic acids is 1. The van der Waals surface area contributed by atoms with Gasteiger partial charge in [-0.05, 0) is 12.5 Å². The monoisotopic (exact) mass is 255 g/mol. The summed E-state index contributed by atoms with van der Waals surface area (Å²) in [4.78, 5) is 11.8. The average molecular weight is 255 g/mol. The Hall–Kier alpha value is -1.01. The van der Waals surface area contributed by atoms with Gasteiger partial charge in [0.05, 0.1) is 0 Å². The second-order valence-corrected chi connectivity index (χ2v) is 4.53. The lowest BCUT2D eigenvalue weighted by molar-refractivity contribution is -0.131. The van der Waals surface area contributed by atoms with E-state index in [9.17, 15) is 4.79 Å². The molecule has 17 heavy (non-hydrogen) atoms. The van der Waals surface area contributed by atoms with Crippen molar-refractivity contribution in [3.63, 3.8) is 0 Å². The van der Waals surface area contributed by atoms with Gasteiger partial charge in [0.25, 0.3) is 0 Å². The van der Waals surface area contributed by atoms with Crippen molar-refractivity contribution < 1.29 is 9.53 Å². The number of nitrogens with one attached hydrogen (secondary N) is 1. The Morgan fingerprint density at radius 1 is 1.65 bits per heavy atom. The highest BCUT2D eigenvalue weighted by atomic mass is 32.1. The fraction of sp³-hybridized carbons (Fsp3) is 0.636. The van der Waals surface area contributed by atoms with E-state index in [0.29, 0.717) is 18.9 Å². The van der Waals surface area contributed by atoms with Crippen molar-refractivity contribution in [3.05, 3.63) is 18.5 Å². The number of carbonyl (C=O) groups is 1. The Kier molecular flexibility index (Phi) is 4.44. The molecule has 2 rings (SSSR count). The minimum absolute atomic E-state index is 0.0336. The average Bonchev–Trinajstić information content (AvgIpc) is 2.97. The third kappa shape index (κ3) is 3.23. The molecule has 1 N–H and O–H groups in total. The number of hydrogen-bond acceptors (Lipinski definition) is 4. The van der Waals surface area contributed by atoms with E-state index in [4.69, 9.17) is 4.74 Å². The smallest absolute Gasteiger partial charge is 0.249 e. The van der Waals surface area contributed by atoms with Gasteiger partial charge < -0.3 is 10.1 Å². The third-order valence-electron chi connectivity index (χ3n) is 2.86. The lowest BCUT2D eigenvalue weighted by Crippen LogP contribution is -2.40. The highest BCUT2D eigenvalue weighted by Gasteiger charge is 2.34. The zero-order chi connectivity index (χ0) is 12.1. The van der Waals surface area contributed by atoms with E-state index in [-0.39, 0.29) is 17.9 Å². The van der Waals surface area contributed by atoms with Crippen LogP contribution in [0.1, 0.15) is 6.42 Å². The van der Waals surface area contributed by atoms with Crippen LogP contribution in [0.5, 0.6) is 0 Å². The Bertz CT molecular complexity index is 356. The van der Waals surface area contributed by atoms with E-state index in [1.807, 2.05) is 16.9 Å². The van der Waals surface area contributed by atoms with Crippen LogP contribution < -0.4 is 5.32 Å². The first-order valence-corrected chi connectivity index (χ1v) is 6.42. The molecule has 1 aliphatic heterocycles. The van der Waals surface area contributed by atoms with Crippen LogP contribution >= 0.6 is 12.6 Å². The lowest BCUT2D eigenvalue weighted by Gasteiger charge is -2.17. The summed E-state index contributed by atoms with van der Waals surface area (Å²) in [5, 5.41) is 6.97. The largest absolute Gasteiger partial charge is 0.368 e. The molecule has 1 saturated heterocycles. The van der Waals surface area contributed by atoms with Gasteiger partial charge in [-0.1, -0.05) is 0 Å². The Morgan fingerprint density at radius 3 is 3.24 bits per heavy atom. The van der Waals surface area contributed by atoms with Crippen LogP contribution in [0.25, 0.3) is 0 Å². The number of rotatable bonds is 5. The molecule has 0 aromatic carbocycles. The second-order valence-electron chi connectivity index (χ2n) is 4.08. The molecule has 1 amide bonds. The van der Waals surface area contributed by atoms with E-state index in [1.165, 1.54) is 0 Å². The minimum Gasteiger partial charge on any atom is -0.368 e. The zero-order valence-corrected chi connectivity index (χ0v) is 10.5. The molecule has 1 aromatic rings. The molecule has 5 nitrogen and oxygen atoms in total. The molecule has 0 saturated carbocycles. The maximum Gasteiger partial charge on any atom is 0.249 e. The summed E-state index contributed by atoms with van der Waals surface area (Å²) in [6, 6.07) is 1.88. The number of hydrogen-bond donors (Lipinski definition) is 2. The van der Waals surface area contributed by atoms with Gasteiger partial charge in [-0.25, -0.2) is 0 Å². The van der Waals surface area contributed by atoms with Crippen LogP contribution in [0.4, 0.5) is 0 Å². The number of thiol groups is 1. The molecule has 0 unspecified atom stereocenters. The molecule has 6 heteroatoms. The molecule has 1 aromatic heterocycles. The maximum absolute atomic E-state index is 11.8.